The number of hydrogen-bond acceptors (Lipinski definition) is 3. The number of rotatable bonds is 2. The molecule has 0 spiro atoms. The molecule has 0 atom stereocenters. The highest BCUT2D eigenvalue weighted by atomic mass is 127. The van der Waals surface area contributed by atoms with Gasteiger partial charge in [0.25, 0.3) is 0 Å². The normalized spacial score (nSPS) is 12.6. The molecule has 4 nitrogen and oxygen atoms in total. The summed E-state index contributed by atoms with van der Waals surface area (Å²) in [7, 11) is 1.72. The summed E-state index contributed by atoms with van der Waals surface area (Å²) in [4.78, 5) is 5.62. The van der Waals surface area contributed by atoms with Crippen LogP contribution in [0.15, 0.2) is 29.4 Å². The lowest BCUT2D eigenvalue weighted by molar-refractivity contribution is -0.168. The molecule has 0 radical (unpaired) electrons. The van der Waals surface area contributed by atoms with E-state index in [0.717, 1.165) is 9.13 Å². The van der Waals surface area contributed by atoms with E-state index in [-0.39, 0.29) is 5.60 Å². The van der Waals surface area contributed by atoms with Crippen LogP contribution in [0.3, 0.4) is 0 Å². The van der Waals surface area contributed by atoms with E-state index in [1.54, 1.807) is 7.05 Å². The first-order valence-electron chi connectivity index (χ1n) is 5.24. The van der Waals surface area contributed by atoms with Gasteiger partial charge in [-0.2, -0.15) is 0 Å². The van der Waals surface area contributed by atoms with Crippen molar-refractivity contribution in [2.45, 2.75) is 26.4 Å². The first-order chi connectivity index (χ1) is 7.83. The lowest BCUT2D eigenvalue weighted by Gasteiger charge is -2.28. The molecule has 0 aromatic heterocycles. The largest absolute Gasteiger partial charge is 0.409 e. The van der Waals surface area contributed by atoms with Crippen LogP contribution in [-0.4, -0.2) is 28.8 Å². The fourth-order valence-corrected chi connectivity index (χ4v) is 1.72. The highest BCUT2D eigenvalue weighted by molar-refractivity contribution is 14.1. The van der Waals surface area contributed by atoms with Gasteiger partial charge in [0.15, 0.2) is 5.84 Å². The van der Waals surface area contributed by atoms with Crippen LogP contribution in [-0.2, 0) is 4.84 Å². The summed E-state index contributed by atoms with van der Waals surface area (Å²) in [6, 6.07) is 7.68. The Labute approximate surface area is 115 Å². The summed E-state index contributed by atoms with van der Waals surface area (Å²) in [5.41, 5.74) is 0.466. The summed E-state index contributed by atoms with van der Waals surface area (Å²) in [6.45, 7) is 5.81. The van der Waals surface area contributed by atoms with Crippen LogP contribution in [0.4, 0.5) is 0 Å². The molecular formula is C12H17IN2O2. The lowest BCUT2D eigenvalue weighted by Crippen LogP contribution is -2.36. The van der Waals surface area contributed by atoms with E-state index in [4.69, 9.17) is 10.0 Å². The first-order valence-corrected chi connectivity index (χ1v) is 6.32. The SMILES string of the molecule is CN(OC(C)(C)C)/C(=N\O)c1ccc(I)cc1. The van der Waals surface area contributed by atoms with E-state index in [0.29, 0.717) is 5.84 Å². The molecule has 0 amide bonds. The molecule has 0 saturated carbocycles. The van der Waals surface area contributed by atoms with Gasteiger partial charge in [-0.3, -0.25) is 4.84 Å². The summed E-state index contributed by atoms with van der Waals surface area (Å²) in [6.07, 6.45) is 0. The van der Waals surface area contributed by atoms with Crippen molar-refractivity contribution in [2.24, 2.45) is 5.16 Å². The average Bonchev–Trinajstić information content (AvgIpc) is 2.19. The molecule has 0 aliphatic carbocycles. The Hall–Kier alpha value is -0.820. The van der Waals surface area contributed by atoms with Crippen LogP contribution in [0.2, 0.25) is 0 Å². The van der Waals surface area contributed by atoms with Gasteiger partial charge >= 0.3 is 0 Å². The Kier molecular flexibility index (Phi) is 4.76. The second-order valence-corrected chi connectivity index (χ2v) is 5.88. The van der Waals surface area contributed by atoms with Crippen LogP contribution in [0.5, 0.6) is 0 Å². The van der Waals surface area contributed by atoms with Gasteiger partial charge in [0.2, 0.25) is 0 Å². The zero-order valence-electron chi connectivity index (χ0n) is 10.4. The average molecular weight is 348 g/mol. The zero-order valence-corrected chi connectivity index (χ0v) is 12.6. The monoisotopic (exact) mass is 348 g/mol. The number of halogens is 1. The minimum Gasteiger partial charge on any atom is -0.409 e. The Morgan fingerprint density at radius 1 is 1.29 bits per heavy atom. The smallest absolute Gasteiger partial charge is 0.198 e. The summed E-state index contributed by atoms with van der Waals surface area (Å²) >= 11 is 2.22. The van der Waals surface area contributed by atoms with Crippen molar-refractivity contribution in [1.29, 1.82) is 0 Å². The van der Waals surface area contributed by atoms with Crippen molar-refractivity contribution < 1.29 is 10.0 Å². The highest BCUT2D eigenvalue weighted by Gasteiger charge is 2.18. The Morgan fingerprint density at radius 3 is 2.24 bits per heavy atom. The Morgan fingerprint density at radius 2 is 1.82 bits per heavy atom. The van der Waals surface area contributed by atoms with E-state index >= 15 is 0 Å². The highest BCUT2D eigenvalue weighted by Crippen LogP contribution is 2.14. The number of nitrogens with zero attached hydrogens (tertiary/aromatic N) is 2. The molecule has 0 bridgehead atoms. The first kappa shape index (κ1) is 14.2. The third kappa shape index (κ3) is 4.51. The van der Waals surface area contributed by atoms with Gasteiger partial charge in [0.05, 0.1) is 5.60 Å². The van der Waals surface area contributed by atoms with Gasteiger partial charge in [-0.25, -0.2) is 5.06 Å². The fraction of sp³-hybridized carbons (Fsp3) is 0.417. The van der Waals surface area contributed by atoms with Gasteiger partial charge in [-0.1, -0.05) is 17.3 Å². The minimum absolute atomic E-state index is 0.339. The van der Waals surface area contributed by atoms with Gasteiger partial charge in [0, 0.05) is 16.2 Å². The molecule has 0 saturated heterocycles. The molecule has 1 rings (SSSR count). The standard InChI is InChI=1S/C12H17IN2O2/c1-12(2,3)17-15(4)11(14-16)9-5-7-10(13)8-6-9/h5-8,16H,1-4H3/b14-11-. The van der Waals surface area contributed by atoms with Crippen molar-refractivity contribution in [2.75, 3.05) is 7.05 Å². The van der Waals surface area contributed by atoms with Crippen molar-refractivity contribution in [3.8, 4) is 0 Å². The van der Waals surface area contributed by atoms with Crippen molar-refractivity contribution >= 4 is 28.4 Å². The van der Waals surface area contributed by atoms with E-state index < -0.39 is 0 Å². The van der Waals surface area contributed by atoms with Gasteiger partial charge in [0.1, 0.15) is 0 Å². The van der Waals surface area contributed by atoms with Gasteiger partial charge in [-0.05, 0) is 55.5 Å². The zero-order chi connectivity index (χ0) is 13.1. The molecule has 0 fully saturated rings. The summed E-state index contributed by atoms with van der Waals surface area (Å²) < 4.78 is 1.13. The minimum atomic E-state index is -0.339. The van der Waals surface area contributed by atoms with Crippen LogP contribution in [0, 0.1) is 3.57 Å². The molecule has 1 N–H and O–H groups in total. The number of benzene rings is 1. The predicted molar refractivity (Wildman–Crippen MR) is 76.1 cm³/mol. The topological polar surface area (TPSA) is 45.1 Å². The van der Waals surface area contributed by atoms with Crippen LogP contribution >= 0.6 is 22.6 Å². The van der Waals surface area contributed by atoms with E-state index in [2.05, 4.69) is 27.7 Å². The van der Waals surface area contributed by atoms with E-state index in [1.165, 1.54) is 5.06 Å². The maximum Gasteiger partial charge on any atom is 0.198 e. The molecule has 94 valence electrons. The third-order valence-corrected chi connectivity index (χ3v) is 2.63. The Bertz CT molecular complexity index is 396. The second-order valence-electron chi connectivity index (χ2n) is 4.63. The second kappa shape index (κ2) is 5.68. The fourth-order valence-electron chi connectivity index (χ4n) is 1.36. The van der Waals surface area contributed by atoms with Gasteiger partial charge in [-0.15, -0.1) is 0 Å². The maximum absolute atomic E-state index is 9.08. The molecule has 0 aliphatic heterocycles. The quantitative estimate of drug-likeness (QED) is 0.294. The number of amidine groups is 1. The molecule has 0 aliphatic rings. The molecule has 0 unspecified atom stereocenters. The number of hydrogen-bond donors (Lipinski definition) is 1. The van der Waals surface area contributed by atoms with Crippen LogP contribution in [0.1, 0.15) is 26.3 Å². The summed E-state index contributed by atoms with van der Waals surface area (Å²) in [5.74, 6) is 0.385. The molecule has 1 aromatic rings. The molecule has 1 aromatic carbocycles. The van der Waals surface area contributed by atoms with Crippen LogP contribution < -0.4 is 0 Å². The van der Waals surface area contributed by atoms with Crippen LogP contribution in [0.25, 0.3) is 0 Å². The Balaban J connectivity index is 2.89. The summed E-state index contributed by atoms with van der Waals surface area (Å²) in [5, 5.41) is 13.8. The number of oxime groups is 1. The predicted octanol–water partition coefficient (Wildman–Crippen LogP) is 3.09. The van der Waals surface area contributed by atoms with Gasteiger partial charge < -0.3 is 5.21 Å². The molecule has 0 heterocycles. The molecular weight excluding hydrogens is 331 g/mol. The molecule has 5 heteroatoms. The number of hydroxylamine groups is 2. The van der Waals surface area contributed by atoms with Crippen molar-refractivity contribution in [3.05, 3.63) is 33.4 Å². The van der Waals surface area contributed by atoms with Crippen molar-refractivity contribution in [3.63, 3.8) is 0 Å². The molecule has 17 heavy (non-hydrogen) atoms. The van der Waals surface area contributed by atoms with E-state index in [1.807, 2.05) is 45.0 Å². The maximum atomic E-state index is 9.08. The third-order valence-electron chi connectivity index (χ3n) is 1.91. The van der Waals surface area contributed by atoms with E-state index in [9.17, 15) is 0 Å². The lowest BCUT2D eigenvalue weighted by atomic mass is 10.2. The van der Waals surface area contributed by atoms with Crippen molar-refractivity contribution in [1.82, 2.24) is 5.06 Å².